The Hall–Kier alpha value is -1.89. The number of carbonyl (C=O) groups excluding carboxylic acids is 1. The van der Waals surface area contributed by atoms with Crippen molar-refractivity contribution in [2.75, 3.05) is 13.2 Å². The summed E-state index contributed by atoms with van der Waals surface area (Å²) in [6.07, 6.45) is 0.883. The number of carboxylic acids is 1. The largest absolute Gasteiger partial charge is 0.481 e. The molecule has 2 heterocycles. The molecule has 0 aliphatic carbocycles. The van der Waals surface area contributed by atoms with Crippen molar-refractivity contribution >= 4 is 11.9 Å². The van der Waals surface area contributed by atoms with E-state index in [0.29, 0.717) is 26.1 Å². The van der Waals surface area contributed by atoms with Gasteiger partial charge in [-0.3, -0.25) is 14.7 Å². The Morgan fingerprint density at radius 3 is 2.74 bits per heavy atom. The van der Waals surface area contributed by atoms with E-state index in [4.69, 9.17) is 9.84 Å². The summed E-state index contributed by atoms with van der Waals surface area (Å²) in [4.78, 5) is 23.1. The highest BCUT2D eigenvalue weighted by atomic mass is 16.5. The maximum atomic E-state index is 12.1. The molecule has 19 heavy (non-hydrogen) atoms. The van der Waals surface area contributed by atoms with Gasteiger partial charge in [0, 0.05) is 18.9 Å². The van der Waals surface area contributed by atoms with Crippen LogP contribution in [0.25, 0.3) is 0 Å². The van der Waals surface area contributed by atoms with E-state index < -0.39 is 11.5 Å². The van der Waals surface area contributed by atoms with Crippen LogP contribution in [0.5, 0.6) is 0 Å². The smallest absolute Gasteiger partial charge is 0.305 e. The Balaban J connectivity index is 2.11. The first kappa shape index (κ1) is 13.5. The predicted molar refractivity (Wildman–Crippen MR) is 65.8 cm³/mol. The highest BCUT2D eigenvalue weighted by molar-refractivity contribution is 5.93. The van der Waals surface area contributed by atoms with Crippen LogP contribution in [-0.4, -0.2) is 45.9 Å². The number of hydrogen-bond acceptors (Lipinski definition) is 4. The molecule has 1 fully saturated rings. The maximum Gasteiger partial charge on any atom is 0.305 e. The van der Waals surface area contributed by atoms with Gasteiger partial charge < -0.3 is 15.2 Å². The first-order chi connectivity index (χ1) is 9.01. The molecule has 0 saturated carbocycles. The fourth-order valence-corrected chi connectivity index (χ4v) is 2.24. The number of aromatic nitrogens is 2. The van der Waals surface area contributed by atoms with Gasteiger partial charge in [0.15, 0.2) is 0 Å². The van der Waals surface area contributed by atoms with Crippen LogP contribution in [-0.2, 0) is 9.53 Å². The van der Waals surface area contributed by atoms with Crippen molar-refractivity contribution in [1.82, 2.24) is 15.5 Å². The monoisotopic (exact) mass is 267 g/mol. The fraction of sp³-hybridized carbons (Fsp3) is 0.583. The molecule has 7 heteroatoms. The molecular formula is C12H17N3O4. The number of rotatable bonds is 4. The average Bonchev–Trinajstić information content (AvgIpc) is 2.76. The molecule has 1 aliphatic rings. The van der Waals surface area contributed by atoms with E-state index in [1.165, 1.54) is 0 Å². The van der Waals surface area contributed by atoms with E-state index in [9.17, 15) is 9.59 Å². The summed E-state index contributed by atoms with van der Waals surface area (Å²) in [7, 11) is 0. The Bertz CT molecular complexity index is 477. The molecule has 1 aromatic rings. The van der Waals surface area contributed by atoms with Crippen molar-refractivity contribution in [3.63, 3.8) is 0 Å². The fourth-order valence-electron chi connectivity index (χ4n) is 2.24. The predicted octanol–water partition coefficient (Wildman–Crippen LogP) is 0.472. The quantitative estimate of drug-likeness (QED) is 0.735. The maximum absolute atomic E-state index is 12.1. The number of carboxylic acid groups (broad SMARTS) is 1. The summed E-state index contributed by atoms with van der Waals surface area (Å²) in [5.41, 5.74) is 0.312. The van der Waals surface area contributed by atoms with Crippen molar-refractivity contribution in [3.05, 3.63) is 17.5 Å². The number of aliphatic carboxylic acids is 1. The van der Waals surface area contributed by atoms with Crippen LogP contribution >= 0.6 is 0 Å². The molecule has 0 unspecified atom stereocenters. The number of aromatic amines is 1. The van der Waals surface area contributed by atoms with Crippen molar-refractivity contribution < 1.29 is 19.4 Å². The van der Waals surface area contributed by atoms with Crippen LogP contribution in [0.15, 0.2) is 6.07 Å². The summed E-state index contributed by atoms with van der Waals surface area (Å²) in [6.45, 7) is 2.70. The van der Waals surface area contributed by atoms with Gasteiger partial charge >= 0.3 is 5.97 Å². The zero-order valence-corrected chi connectivity index (χ0v) is 10.7. The van der Waals surface area contributed by atoms with E-state index in [0.717, 1.165) is 5.69 Å². The summed E-state index contributed by atoms with van der Waals surface area (Å²) < 4.78 is 5.23. The first-order valence-corrected chi connectivity index (χ1v) is 6.15. The lowest BCUT2D eigenvalue weighted by Crippen LogP contribution is -2.53. The zero-order valence-electron chi connectivity index (χ0n) is 10.7. The standard InChI is InChI=1S/C12H17N3O4/c1-8-6-9(15-14-8)11(18)13-12(7-10(16)17)2-4-19-5-3-12/h6H,2-5,7H2,1H3,(H,13,18)(H,14,15)(H,16,17). The third kappa shape index (κ3) is 3.31. The molecule has 3 N–H and O–H groups in total. The second-order valence-corrected chi connectivity index (χ2v) is 4.85. The van der Waals surface area contributed by atoms with Gasteiger partial charge in [0.1, 0.15) is 5.69 Å². The number of amides is 1. The molecule has 1 aromatic heterocycles. The normalized spacial score (nSPS) is 17.9. The molecule has 0 radical (unpaired) electrons. The number of ether oxygens (including phenoxy) is 1. The van der Waals surface area contributed by atoms with Crippen LogP contribution in [0, 0.1) is 6.92 Å². The van der Waals surface area contributed by atoms with Crippen molar-refractivity contribution in [2.45, 2.75) is 31.7 Å². The highest BCUT2D eigenvalue weighted by Gasteiger charge is 2.37. The molecule has 104 valence electrons. The zero-order chi connectivity index (χ0) is 13.9. The number of H-pyrrole nitrogens is 1. The van der Waals surface area contributed by atoms with Crippen LogP contribution in [0.4, 0.5) is 0 Å². The third-order valence-electron chi connectivity index (χ3n) is 3.26. The molecular weight excluding hydrogens is 250 g/mol. The molecule has 1 saturated heterocycles. The molecule has 0 atom stereocenters. The van der Waals surface area contributed by atoms with Crippen LogP contribution in [0.2, 0.25) is 0 Å². The lowest BCUT2D eigenvalue weighted by Gasteiger charge is -2.36. The summed E-state index contributed by atoms with van der Waals surface area (Å²) >= 11 is 0. The lowest BCUT2D eigenvalue weighted by atomic mass is 9.86. The van der Waals surface area contributed by atoms with Gasteiger partial charge in [-0.2, -0.15) is 5.10 Å². The minimum absolute atomic E-state index is 0.106. The molecule has 0 spiro atoms. The van der Waals surface area contributed by atoms with Crippen molar-refractivity contribution in [2.24, 2.45) is 0 Å². The summed E-state index contributed by atoms with van der Waals surface area (Å²) in [5.74, 6) is -1.28. The minimum Gasteiger partial charge on any atom is -0.481 e. The minimum atomic E-state index is -0.930. The van der Waals surface area contributed by atoms with Gasteiger partial charge in [-0.1, -0.05) is 0 Å². The molecule has 2 rings (SSSR count). The number of aryl methyl sites for hydroxylation is 1. The van der Waals surface area contributed by atoms with E-state index >= 15 is 0 Å². The second kappa shape index (κ2) is 5.40. The molecule has 7 nitrogen and oxygen atoms in total. The number of carbonyl (C=O) groups is 2. The Kier molecular flexibility index (Phi) is 3.84. The van der Waals surface area contributed by atoms with Gasteiger partial charge in [-0.25, -0.2) is 0 Å². The van der Waals surface area contributed by atoms with Crippen molar-refractivity contribution in [1.29, 1.82) is 0 Å². The number of nitrogens with one attached hydrogen (secondary N) is 2. The first-order valence-electron chi connectivity index (χ1n) is 6.15. The Labute approximate surface area is 110 Å². The van der Waals surface area contributed by atoms with Crippen LogP contribution in [0.1, 0.15) is 35.4 Å². The highest BCUT2D eigenvalue weighted by Crippen LogP contribution is 2.25. The molecule has 0 bridgehead atoms. The number of nitrogens with zero attached hydrogens (tertiary/aromatic N) is 1. The SMILES string of the molecule is Cc1cc(C(=O)NC2(CC(=O)O)CCOCC2)n[nH]1. The van der Waals surface area contributed by atoms with Gasteiger partial charge in [0.2, 0.25) is 0 Å². The number of hydrogen-bond donors (Lipinski definition) is 3. The van der Waals surface area contributed by atoms with E-state index in [1.807, 2.05) is 0 Å². The topological polar surface area (TPSA) is 104 Å². The van der Waals surface area contributed by atoms with Crippen LogP contribution in [0.3, 0.4) is 0 Å². The Morgan fingerprint density at radius 1 is 1.53 bits per heavy atom. The van der Waals surface area contributed by atoms with E-state index in [-0.39, 0.29) is 18.0 Å². The third-order valence-corrected chi connectivity index (χ3v) is 3.26. The molecule has 1 amide bonds. The Morgan fingerprint density at radius 2 is 2.21 bits per heavy atom. The van der Waals surface area contributed by atoms with Gasteiger partial charge in [0.05, 0.1) is 12.0 Å². The van der Waals surface area contributed by atoms with Crippen molar-refractivity contribution in [3.8, 4) is 0 Å². The summed E-state index contributed by atoms with van der Waals surface area (Å²) in [6, 6.07) is 1.63. The van der Waals surface area contributed by atoms with Gasteiger partial charge in [-0.05, 0) is 25.8 Å². The second-order valence-electron chi connectivity index (χ2n) is 4.85. The average molecular weight is 267 g/mol. The van der Waals surface area contributed by atoms with Crippen LogP contribution < -0.4 is 5.32 Å². The van der Waals surface area contributed by atoms with E-state index in [1.54, 1.807) is 13.0 Å². The molecule has 0 aromatic carbocycles. The van der Waals surface area contributed by atoms with Gasteiger partial charge in [0.25, 0.3) is 5.91 Å². The van der Waals surface area contributed by atoms with E-state index in [2.05, 4.69) is 15.5 Å². The van der Waals surface area contributed by atoms with Gasteiger partial charge in [-0.15, -0.1) is 0 Å². The lowest BCUT2D eigenvalue weighted by molar-refractivity contribution is -0.139. The molecule has 1 aliphatic heterocycles. The summed E-state index contributed by atoms with van der Waals surface area (Å²) in [5, 5.41) is 18.4.